The molecule has 2 aromatic carbocycles. The zero-order chi connectivity index (χ0) is 22.2. The van der Waals surface area contributed by atoms with Gasteiger partial charge in [-0.1, -0.05) is 6.42 Å². The smallest absolute Gasteiger partial charge is 0.251 e. The number of fused-ring (bicyclic) bond motifs is 2. The number of hydrogen-bond donors (Lipinski definition) is 1. The summed E-state index contributed by atoms with van der Waals surface area (Å²) >= 11 is 0. The van der Waals surface area contributed by atoms with Crippen LogP contribution >= 0.6 is 0 Å². The molecule has 0 bridgehead atoms. The van der Waals surface area contributed by atoms with Crippen molar-refractivity contribution < 1.29 is 32.2 Å². The van der Waals surface area contributed by atoms with E-state index < -0.39 is 21.5 Å². The Morgan fingerprint density at radius 1 is 0.875 bits per heavy atom. The van der Waals surface area contributed by atoms with Crippen molar-refractivity contribution in [3.63, 3.8) is 0 Å². The van der Waals surface area contributed by atoms with Crippen LogP contribution in [0.2, 0.25) is 0 Å². The minimum Gasteiger partial charge on any atom is -0.486 e. The van der Waals surface area contributed by atoms with Crippen molar-refractivity contribution in [1.82, 2.24) is 0 Å². The molecule has 2 aromatic rings. The highest BCUT2D eigenvalue weighted by molar-refractivity contribution is 7.91. The number of rotatable bonds is 5. The summed E-state index contributed by atoms with van der Waals surface area (Å²) in [5, 5.41) is 2.75. The van der Waals surface area contributed by atoms with Gasteiger partial charge in [-0.2, -0.15) is 0 Å². The molecular formula is C23H25NO7S. The fourth-order valence-electron chi connectivity index (χ4n) is 4.25. The molecule has 1 N–H and O–H groups in total. The lowest BCUT2D eigenvalue weighted by atomic mass is 9.94. The molecule has 1 amide bonds. The Labute approximate surface area is 186 Å². The normalized spacial score (nSPS) is 18.4. The first kappa shape index (κ1) is 20.9. The minimum atomic E-state index is -3.65. The molecule has 32 heavy (non-hydrogen) atoms. The van der Waals surface area contributed by atoms with E-state index in [0.29, 0.717) is 41.9 Å². The molecule has 0 atom stereocenters. The topological polar surface area (TPSA) is 100 Å². The number of benzene rings is 2. The molecule has 3 aliphatic rings. The molecule has 170 valence electrons. The van der Waals surface area contributed by atoms with E-state index in [9.17, 15) is 13.2 Å². The molecule has 1 aliphatic carbocycles. The second-order valence-electron chi connectivity index (χ2n) is 8.26. The summed E-state index contributed by atoms with van der Waals surface area (Å²) in [6.07, 6.45) is 4.84. The molecule has 0 unspecified atom stereocenters. The molecule has 2 heterocycles. The number of sulfone groups is 1. The molecule has 8 nitrogen and oxygen atoms in total. The first-order valence-corrected chi connectivity index (χ1v) is 12.5. The van der Waals surface area contributed by atoms with Gasteiger partial charge < -0.3 is 24.3 Å². The number of hydrogen-bond acceptors (Lipinski definition) is 7. The van der Waals surface area contributed by atoms with Gasteiger partial charge in [-0.25, -0.2) is 8.42 Å². The third-order valence-corrected chi connectivity index (χ3v) is 7.62. The quantitative estimate of drug-likeness (QED) is 0.728. The van der Waals surface area contributed by atoms with E-state index in [-0.39, 0.29) is 17.1 Å². The highest BCUT2D eigenvalue weighted by Crippen LogP contribution is 2.46. The molecule has 0 saturated heterocycles. The number of carbonyl (C=O) groups excluding carboxylic acids is 1. The molecule has 1 fully saturated rings. The maximum atomic E-state index is 12.7. The van der Waals surface area contributed by atoms with E-state index >= 15 is 0 Å². The zero-order valence-electron chi connectivity index (χ0n) is 17.6. The lowest BCUT2D eigenvalue weighted by Gasteiger charge is -2.31. The Bertz CT molecular complexity index is 1140. The highest BCUT2D eigenvalue weighted by atomic mass is 32.2. The highest BCUT2D eigenvalue weighted by Gasteiger charge is 2.42. The van der Waals surface area contributed by atoms with E-state index in [1.54, 1.807) is 24.3 Å². The van der Waals surface area contributed by atoms with Crippen molar-refractivity contribution >= 4 is 21.4 Å². The van der Waals surface area contributed by atoms with Crippen LogP contribution in [0.3, 0.4) is 0 Å². The van der Waals surface area contributed by atoms with E-state index in [1.807, 2.05) is 0 Å². The van der Waals surface area contributed by atoms with Crippen LogP contribution < -0.4 is 24.3 Å². The Kier molecular flexibility index (Phi) is 5.36. The molecule has 5 rings (SSSR count). The molecular weight excluding hydrogens is 434 g/mol. The predicted molar refractivity (Wildman–Crippen MR) is 116 cm³/mol. The van der Waals surface area contributed by atoms with Crippen LogP contribution in [0.25, 0.3) is 0 Å². The van der Waals surface area contributed by atoms with Gasteiger partial charge in [0, 0.05) is 37.1 Å². The average molecular weight is 460 g/mol. The molecule has 2 aliphatic heterocycles. The van der Waals surface area contributed by atoms with Crippen molar-refractivity contribution in [1.29, 1.82) is 0 Å². The summed E-state index contributed by atoms with van der Waals surface area (Å²) in [5.41, 5.74) is 0.543. The largest absolute Gasteiger partial charge is 0.486 e. The summed E-state index contributed by atoms with van der Waals surface area (Å²) in [7, 11) is -3.65. The third kappa shape index (κ3) is 4.21. The van der Waals surface area contributed by atoms with Crippen LogP contribution in [0.4, 0.5) is 5.69 Å². The van der Waals surface area contributed by atoms with E-state index in [0.717, 1.165) is 25.7 Å². The van der Waals surface area contributed by atoms with Crippen molar-refractivity contribution in [2.75, 3.05) is 24.3 Å². The first-order valence-electron chi connectivity index (χ1n) is 10.9. The summed E-state index contributed by atoms with van der Waals surface area (Å²) < 4.78 is 48.4. The molecule has 0 radical (unpaired) electrons. The minimum absolute atomic E-state index is 0.107. The Morgan fingerprint density at radius 2 is 1.59 bits per heavy atom. The van der Waals surface area contributed by atoms with Crippen LogP contribution in [0.1, 0.15) is 38.5 Å². The Hall–Kier alpha value is -2.94. The lowest BCUT2D eigenvalue weighted by Crippen LogP contribution is -2.40. The van der Waals surface area contributed by atoms with Crippen LogP contribution in [0.15, 0.2) is 41.3 Å². The molecule has 1 saturated carbocycles. The fraction of sp³-hybridized carbons (Fsp3) is 0.435. The summed E-state index contributed by atoms with van der Waals surface area (Å²) in [6.45, 7) is 0.801. The summed E-state index contributed by atoms with van der Waals surface area (Å²) in [4.78, 5) is 12.5. The van der Waals surface area contributed by atoms with Crippen LogP contribution in [0, 0.1) is 0 Å². The van der Waals surface area contributed by atoms with Gasteiger partial charge in [0.2, 0.25) is 5.91 Å². The van der Waals surface area contributed by atoms with Gasteiger partial charge in [0.05, 0.1) is 10.6 Å². The van der Waals surface area contributed by atoms with Gasteiger partial charge in [0.25, 0.3) is 5.79 Å². The van der Waals surface area contributed by atoms with Crippen LogP contribution in [0.5, 0.6) is 23.0 Å². The van der Waals surface area contributed by atoms with Crippen molar-refractivity contribution in [3.05, 3.63) is 36.4 Å². The zero-order valence-corrected chi connectivity index (χ0v) is 18.4. The Morgan fingerprint density at radius 3 is 2.41 bits per heavy atom. The third-order valence-electron chi connectivity index (χ3n) is 5.91. The maximum Gasteiger partial charge on any atom is 0.251 e. The van der Waals surface area contributed by atoms with E-state index in [1.165, 1.54) is 18.6 Å². The van der Waals surface area contributed by atoms with Crippen LogP contribution in [-0.4, -0.2) is 39.1 Å². The van der Waals surface area contributed by atoms with Gasteiger partial charge in [-0.05, 0) is 37.1 Å². The van der Waals surface area contributed by atoms with Gasteiger partial charge in [0.15, 0.2) is 32.8 Å². The van der Waals surface area contributed by atoms with E-state index in [4.69, 9.17) is 18.9 Å². The number of amides is 1. The van der Waals surface area contributed by atoms with Gasteiger partial charge in [-0.15, -0.1) is 0 Å². The van der Waals surface area contributed by atoms with Crippen molar-refractivity contribution in [3.8, 4) is 23.0 Å². The SMILES string of the molecule is O=C(CCS(=O)(=O)c1ccc2c(c1)OCCO2)Nc1ccc2c(c1)OC1(CCCCC1)O2. The maximum absolute atomic E-state index is 12.7. The molecule has 0 aromatic heterocycles. The predicted octanol–water partition coefficient (Wildman–Crippen LogP) is 3.69. The summed E-state index contributed by atoms with van der Waals surface area (Å²) in [6, 6.07) is 9.73. The lowest BCUT2D eigenvalue weighted by molar-refractivity contribution is -0.115. The monoisotopic (exact) mass is 459 g/mol. The average Bonchev–Trinajstić information content (AvgIpc) is 3.14. The second-order valence-corrected chi connectivity index (χ2v) is 10.4. The van der Waals surface area contributed by atoms with E-state index in [2.05, 4.69) is 5.32 Å². The van der Waals surface area contributed by atoms with Gasteiger partial charge >= 0.3 is 0 Å². The number of ether oxygens (including phenoxy) is 4. The standard InChI is InChI=1S/C23H25NO7S/c25-22(8-13-32(26,27)17-5-7-18-20(15-17)29-12-11-28-18)24-16-4-6-19-21(14-16)31-23(30-19)9-2-1-3-10-23/h4-7,14-15H,1-3,8-13H2,(H,24,25). The van der Waals surface area contributed by atoms with Crippen LogP contribution in [-0.2, 0) is 14.6 Å². The first-order chi connectivity index (χ1) is 15.4. The summed E-state index contributed by atoms with van der Waals surface area (Å²) in [5.74, 6) is 0.910. The number of nitrogens with one attached hydrogen (secondary N) is 1. The molecule has 9 heteroatoms. The second kappa shape index (κ2) is 8.20. The van der Waals surface area contributed by atoms with Gasteiger partial charge in [0.1, 0.15) is 13.2 Å². The molecule has 1 spiro atoms. The van der Waals surface area contributed by atoms with Crippen molar-refractivity contribution in [2.45, 2.75) is 49.2 Å². The van der Waals surface area contributed by atoms with Crippen molar-refractivity contribution in [2.24, 2.45) is 0 Å². The Balaban J connectivity index is 1.20. The fourth-order valence-corrected chi connectivity index (χ4v) is 5.50. The number of carbonyl (C=O) groups is 1. The van der Waals surface area contributed by atoms with Gasteiger partial charge in [-0.3, -0.25) is 4.79 Å². The number of anilines is 1.